The first kappa shape index (κ1) is 15.3. The third-order valence-electron chi connectivity index (χ3n) is 3.05. The lowest BCUT2D eigenvalue weighted by Gasteiger charge is -2.16. The zero-order valence-electron chi connectivity index (χ0n) is 11.4. The maximum atomic E-state index is 6.25. The van der Waals surface area contributed by atoms with Crippen molar-refractivity contribution in [2.45, 2.75) is 19.5 Å². The SMILES string of the molecule is COc1cc(CNC(C)c2ccc(Br)cc2Cl)ccn1. The Morgan fingerprint density at radius 1 is 1.35 bits per heavy atom. The molecule has 1 unspecified atom stereocenters. The van der Waals surface area contributed by atoms with E-state index >= 15 is 0 Å². The second-order valence-corrected chi connectivity index (χ2v) is 5.80. The van der Waals surface area contributed by atoms with E-state index in [-0.39, 0.29) is 6.04 Å². The zero-order chi connectivity index (χ0) is 14.5. The minimum absolute atomic E-state index is 0.162. The molecule has 20 heavy (non-hydrogen) atoms. The first-order valence-corrected chi connectivity index (χ1v) is 7.44. The van der Waals surface area contributed by atoms with Gasteiger partial charge in [0.2, 0.25) is 5.88 Å². The summed E-state index contributed by atoms with van der Waals surface area (Å²) in [6, 6.07) is 9.97. The van der Waals surface area contributed by atoms with Crippen LogP contribution in [0.25, 0.3) is 0 Å². The number of nitrogens with one attached hydrogen (secondary N) is 1. The molecule has 0 spiro atoms. The second kappa shape index (κ2) is 7.07. The predicted molar refractivity (Wildman–Crippen MR) is 85.2 cm³/mol. The van der Waals surface area contributed by atoms with Crippen molar-refractivity contribution in [3.8, 4) is 5.88 Å². The quantitative estimate of drug-likeness (QED) is 0.865. The van der Waals surface area contributed by atoms with Crippen LogP contribution in [0.15, 0.2) is 41.0 Å². The number of nitrogens with zero attached hydrogens (tertiary/aromatic N) is 1. The van der Waals surface area contributed by atoms with Crippen LogP contribution in [-0.2, 0) is 6.54 Å². The Morgan fingerprint density at radius 2 is 2.15 bits per heavy atom. The summed E-state index contributed by atoms with van der Waals surface area (Å²) in [7, 11) is 1.61. The molecular formula is C15H16BrClN2O. The van der Waals surface area contributed by atoms with Gasteiger partial charge in [0.25, 0.3) is 0 Å². The zero-order valence-corrected chi connectivity index (χ0v) is 13.7. The fourth-order valence-corrected chi connectivity index (χ4v) is 2.74. The van der Waals surface area contributed by atoms with E-state index in [1.165, 1.54) is 0 Å². The lowest BCUT2D eigenvalue weighted by molar-refractivity contribution is 0.397. The Bertz CT molecular complexity index is 592. The summed E-state index contributed by atoms with van der Waals surface area (Å²) >= 11 is 9.67. The van der Waals surface area contributed by atoms with Gasteiger partial charge in [-0.2, -0.15) is 0 Å². The van der Waals surface area contributed by atoms with Crippen LogP contribution in [0.1, 0.15) is 24.1 Å². The van der Waals surface area contributed by atoms with Crippen LogP contribution < -0.4 is 10.1 Å². The number of methoxy groups -OCH3 is 1. The minimum Gasteiger partial charge on any atom is -0.481 e. The molecule has 0 aliphatic rings. The smallest absolute Gasteiger partial charge is 0.213 e. The van der Waals surface area contributed by atoms with Crippen molar-refractivity contribution in [1.29, 1.82) is 0 Å². The fourth-order valence-electron chi connectivity index (χ4n) is 1.91. The summed E-state index contributed by atoms with van der Waals surface area (Å²) in [6.07, 6.45) is 1.74. The van der Waals surface area contributed by atoms with E-state index in [1.807, 2.05) is 30.3 Å². The van der Waals surface area contributed by atoms with Crippen LogP contribution >= 0.6 is 27.5 Å². The van der Waals surface area contributed by atoms with E-state index in [4.69, 9.17) is 16.3 Å². The number of hydrogen-bond donors (Lipinski definition) is 1. The van der Waals surface area contributed by atoms with E-state index in [0.717, 1.165) is 27.2 Å². The minimum atomic E-state index is 0.162. The molecular weight excluding hydrogens is 340 g/mol. The lowest BCUT2D eigenvalue weighted by Crippen LogP contribution is -2.18. The number of pyridine rings is 1. The van der Waals surface area contributed by atoms with Crippen molar-refractivity contribution in [2.24, 2.45) is 0 Å². The van der Waals surface area contributed by atoms with Gasteiger partial charge in [-0.3, -0.25) is 0 Å². The van der Waals surface area contributed by atoms with Gasteiger partial charge in [-0.1, -0.05) is 33.6 Å². The molecule has 2 aromatic rings. The van der Waals surface area contributed by atoms with Crippen molar-refractivity contribution in [2.75, 3.05) is 7.11 Å². The van der Waals surface area contributed by atoms with Gasteiger partial charge in [-0.25, -0.2) is 4.98 Å². The number of halogens is 2. The molecule has 1 heterocycles. The molecule has 0 bridgehead atoms. The molecule has 1 aromatic carbocycles. The van der Waals surface area contributed by atoms with Crippen molar-refractivity contribution in [3.05, 3.63) is 57.2 Å². The molecule has 5 heteroatoms. The van der Waals surface area contributed by atoms with E-state index in [9.17, 15) is 0 Å². The average Bonchev–Trinajstić information content (AvgIpc) is 2.45. The summed E-state index contributed by atoms with van der Waals surface area (Å²) in [4.78, 5) is 4.09. The number of benzene rings is 1. The molecule has 0 radical (unpaired) electrons. The summed E-state index contributed by atoms with van der Waals surface area (Å²) in [6.45, 7) is 2.82. The van der Waals surface area contributed by atoms with Gasteiger partial charge in [0.15, 0.2) is 0 Å². The Morgan fingerprint density at radius 3 is 2.85 bits per heavy atom. The number of rotatable bonds is 5. The van der Waals surface area contributed by atoms with Crippen LogP contribution in [-0.4, -0.2) is 12.1 Å². The van der Waals surface area contributed by atoms with Gasteiger partial charge in [0, 0.05) is 34.3 Å². The topological polar surface area (TPSA) is 34.1 Å². The van der Waals surface area contributed by atoms with Crippen molar-refractivity contribution in [1.82, 2.24) is 10.3 Å². The summed E-state index contributed by atoms with van der Waals surface area (Å²) < 4.78 is 6.10. The van der Waals surface area contributed by atoms with Crippen LogP contribution in [0.2, 0.25) is 5.02 Å². The van der Waals surface area contributed by atoms with Gasteiger partial charge in [0.1, 0.15) is 0 Å². The van der Waals surface area contributed by atoms with Gasteiger partial charge in [-0.05, 0) is 36.2 Å². The third-order valence-corrected chi connectivity index (χ3v) is 3.87. The van der Waals surface area contributed by atoms with Gasteiger partial charge in [0.05, 0.1) is 7.11 Å². The number of aromatic nitrogens is 1. The molecule has 1 atom stereocenters. The van der Waals surface area contributed by atoms with Crippen LogP contribution in [0.5, 0.6) is 5.88 Å². The maximum Gasteiger partial charge on any atom is 0.213 e. The van der Waals surface area contributed by atoms with E-state index in [1.54, 1.807) is 13.3 Å². The number of ether oxygens (including phenoxy) is 1. The fraction of sp³-hybridized carbons (Fsp3) is 0.267. The molecule has 106 valence electrons. The Labute approximate surface area is 132 Å². The standard InChI is InChI=1S/C15H16BrClN2O/c1-10(13-4-3-12(16)8-14(13)17)19-9-11-5-6-18-15(7-11)20-2/h3-8,10,19H,9H2,1-2H3. The normalized spacial score (nSPS) is 12.2. The highest BCUT2D eigenvalue weighted by Gasteiger charge is 2.09. The van der Waals surface area contributed by atoms with E-state index < -0.39 is 0 Å². The predicted octanol–water partition coefficient (Wildman–Crippen LogP) is 4.36. The highest BCUT2D eigenvalue weighted by atomic mass is 79.9. The number of hydrogen-bond acceptors (Lipinski definition) is 3. The molecule has 1 aromatic heterocycles. The van der Waals surface area contributed by atoms with E-state index in [0.29, 0.717) is 5.88 Å². The first-order chi connectivity index (χ1) is 9.60. The lowest BCUT2D eigenvalue weighted by atomic mass is 10.1. The molecule has 1 N–H and O–H groups in total. The van der Waals surface area contributed by atoms with Gasteiger partial charge >= 0.3 is 0 Å². The highest BCUT2D eigenvalue weighted by Crippen LogP contribution is 2.26. The molecule has 0 fully saturated rings. The molecule has 2 rings (SSSR count). The summed E-state index contributed by atoms with van der Waals surface area (Å²) in [5.74, 6) is 0.624. The van der Waals surface area contributed by atoms with Crippen molar-refractivity contribution < 1.29 is 4.74 Å². The summed E-state index contributed by atoms with van der Waals surface area (Å²) in [5.41, 5.74) is 2.20. The third kappa shape index (κ3) is 3.95. The Hall–Kier alpha value is -1.10. The average molecular weight is 356 g/mol. The van der Waals surface area contributed by atoms with Gasteiger partial charge < -0.3 is 10.1 Å². The molecule has 0 amide bonds. The van der Waals surface area contributed by atoms with Crippen LogP contribution in [0.3, 0.4) is 0 Å². The largest absolute Gasteiger partial charge is 0.481 e. The van der Waals surface area contributed by atoms with E-state index in [2.05, 4.69) is 33.2 Å². The Balaban J connectivity index is 2.02. The van der Waals surface area contributed by atoms with Crippen LogP contribution in [0, 0.1) is 0 Å². The molecule has 0 aliphatic carbocycles. The summed E-state index contributed by atoms with van der Waals surface area (Å²) in [5, 5.41) is 4.20. The van der Waals surface area contributed by atoms with Crippen LogP contribution in [0.4, 0.5) is 0 Å². The molecule has 3 nitrogen and oxygen atoms in total. The molecule has 0 aliphatic heterocycles. The monoisotopic (exact) mass is 354 g/mol. The molecule has 0 saturated carbocycles. The maximum absolute atomic E-state index is 6.25. The van der Waals surface area contributed by atoms with Gasteiger partial charge in [-0.15, -0.1) is 0 Å². The second-order valence-electron chi connectivity index (χ2n) is 4.47. The Kier molecular flexibility index (Phi) is 5.40. The molecule has 0 saturated heterocycles. The highest BCUT2D eigenvalue weighted by molar-refractivity contribution is 9.10. The first-order valence-electron chi connectivity index (χ1n) is 6.27. The van der Waals surface area contributed by atoms with Crippen molar-refractivity contribution >= 4 is 27.5 Å². The van der Waals surface area contributed by atoms with Crippen molar-refractivity contribution in [3.63, 3.8) is 0 Å².